The third-order valence-electron chi connectivity index (χ3n) is 4.41. The van der Waals surface area contributed by atoms with Gasteiger partial charge in [-0.3, -0.25) is 4.79 Å². The summed E-state index contributed by atoms with van der Waals surface area (Å²) in [6.07, 6.45) is 2.55. The van der Waals surface area contributed by atoms with E-state index in [0.717, 1.165) is 19.6 Å². The summed E-state index contributed by atoms with van der Waals surface area (Å²) >= 11 is 0. The molecule has 0 radical (unpaired) electrons. The second-order valence-electron chi connectivity index (χ2n) is 6.64. The van der Waals surface area contributed by atoms with Crippen LogP contribution in [0.2, 0.25) is 0 Å². The first-order valence-corrected chi connectivity index (χ1v) is 9.11. The van der Waals surface area contributed by atoms with Crippen LogP contribution in [0, 0.1) is 0 Å². The predicted molar refractivity (Wildman–Crippen MR) is 120 cm³/mol. The quantitative estimate of drug-likeness (QED) is 0.379. The second-order valence-corrected chi connectivity index (χ2v) is 6.64. The molecule has 1 saturated heterocycles. The number of amides is 1. The highest BCUT2D eigenvalue weighted by molar-refractivity contribution is 14.0. The molecule has 7 heteroatoms. The smallest absolute Gasteiger partial charge is 0.243 e. The van der Waals surface area contributed by atoms with E-state index in [-0.39, 0.29) is 42.5 Å². The highest BCUT2D eigenvalue weighted by Gasteiger charge is 2.14. The minimum absolute atomic E-state index is 0. The summed E-state index contributed by atoms with van der Waals surface area (Å²) in [4.78, 5) is 20.1. The summed E-state index contributed by atoms with van der Waals surface area (Å²) in [6, 6.07) is 8.77. The molecular formula is C19H32IN5O. The lowest BCUT2D eigenvalue weighted by Crippen LogP contribution is -2.39. The number of aliphatic imine (C=N–C) groups is 1. The molecule has 2 N–H and O–H groups in total. The lowest BCUT2D eigenvalue weighted by Gasteiger charge is -2.22. The molecule has 0 saturated carbocycles. The van der Waals surface area contributed by atoms with E-state index < -0.39 is 0 Å². The summed E-state index contributed by atoms with van der Waals surface area (Å²) in [7, 11) is 3.48. The topological polar surface area (TPSA) is 60.0 Å². The van der Waals surface area contributed by atoms with E-state index in [4.69, 9.17) is 0 Å². The number of nitrogens with one attached hydrogen (secondary N) is 2. The second kappa shape index (κ2) is 11.3. The predicted octanol–water partition coefficient (Wildman–Crippen LogP) is 2.61. The molecule has 0 aromatic heterocycles. The molecule has 1 atom stereocenters. The lowest BCUT2D eigenvalue weighted by atomic mass is 10.1. The van der Waals surface area contributed by atoms with Crippen molar-refractivity contribution in [2.24, 2.45) is 4.99 Å². The molecule has 6 nitrogen and oxygen atoms in total. The number of likely N-dealkylation sites (N-methyl/N-ethyl adjacent to an activating group) is 1. The number of guanidine groups is 1. The van der Waals surface area contributed by atoms with Crippen molar-refractivity contribution in [3.8, 4) is 0 Å². The van der Waals surface area contributed by atoms with Gasteiger partial charge in [-0.1, -0.05) is 12.1 Å². The minimum atomic E-state index is -0.0131. The van der Waals surface area contributed by atoms with Gasteiger partial charge in [-0.25, -0.2) is 4.99 Å². The van der Waals surface area contributed by atoms with Crippen LogP contribution >= 0.6 is 24.0 Å². The zero-order valence-electron chi connectivity index (χ0n) is 16.3. The summed E-state index contributed by atoms with van der Waals surface area (Å²) in [6.45, 7) is 7.31. The molecule has 146 valence electrons. The molecule has 0 spiro atoms. The number of carbonyl (C=O) groups is 1. The molecule has 0 bridgehead atoms. The number of carbonyl (C=O) groups excluding carboxylic acids is 1. The fourth-order valence-corrected chi connectivity index (χ4v) is 2.86. The van der Waals surface area contributed by atoms with E-state index in [1.807, 2.05) is 6.92 Å². The molecule has 1 fully saturated rings. The Kier molecular flexibility index (Phi) is 9.75. The number of nitrogens with zero attached hydrogens (tertiary/aromatic N) is 3. The average molecular weight is 473 g/mol. The highest BCUT2D eigenvalue weighted by atomic mass is 127. The van der Waals surface area contributed by atoms with Gasteiger partial charge in [-0.2, -0.15) is 0 Å². The summed E-state index contributed by atoms with van der Waals surface area (Å²) in [5.41, 5.74) is 2.50. The van der Waals surface area contributed by atoms with E-state index in [1.54, 1.807) is 19.0 Å². The van der Waals surface area contributed by atoms with Crippen LogP contribution in [0.5, 0.6) is 0 Å². The molecular weight excluding hydrogens is 441 g/mol. The van der Waals surface area contributed by atoms with Gasteiger partial charge in [-0.05, 0) is 44.4 Å². The van der Waals surface area contributed by atoms with E-state index in [0.29, 0.717) is 5.96 Å². The Balaban J connectivity index is 0.00000338. The SMILES string of the molecule is CCNC(=NCC(=O)N(C)C)NC(C)c1cccc(N2CCCC2)c1.I. The van der Waals surface area contributed by atoms with E-state index >= 15 is 0 Å². The van der Waals surface area contributed by atoms with Crippen LogP contribution < -0.4 is 15.5 Å². The molecule has 1 aromatic rings. The first-order chi connectivity index (χ1) is 12.0. The third kappa shape index (κ3) is 6.66. The van der Waals surface area contributed by atoms with Crippen molar-refractivity contribution >= 4 is 41.5 Å². The Bertz CT molecular complexity index is 599. The molecule has 26 heavy (non-hydrogen) atoms. The molecule has 2 rings (SSSR count). The number of rotatable bonds is 6. The normalized spacial score (nSPS) is 15.2. The van der Waals surface area contributed by atoms with Crippen molar-refractivity contribution in [2.75, 3.05) is 45.2 Å². The van der Waals surface area contributed by atoms with Crippen molar-refractivity contribution in [3.63, 3.8) is 0 Å². The monoisotopic (exact) mass is 473 g/mol. The molecule has 1 aliphatic heterocycles. The lowest BCUT2D eigenvalue weighted by molar-refractivity contribution is -0.127. The zero-order valence-corrected chi connectivity index (χ0v) is 18.6. The summed E-state index contributed by atoms with van der Waals surface area (Å²) in [5.74, 6) is 0.651. The first-order valence-electron chi connectivity index (χ1n) is 9.11. The van der Waals surface area contributed by atoms with Crippen LogP contribution in [0.1, 0.15) is 38.3 Å². The summed E-state index contributed by atoms with van der Waals surface area (Å²) in [5, 5.41) is 6.60. The molecule has 0 aliphatic carbocycles. The zero-order chi connectivity index (χ0) is 18.2. The van der Waals surface area contributed by atoms with E-state index in [2.05, 4.69) is 51.7 Å². The van der Waals surface area contributed by atoms with Gasteiger partial charge in [0.1, 0.15) is 6.54 Å². The van der Waals surface area contributed by atoms with Gasteiger partial charge in [0.2, 0.25) is 5.91 Å². The maximum Gasteiger partial charge on any atom is 0.243 e. The van der Waals surface area contributed by atoms with Gasteiger partial charge < -0.3 is 20.4 Å². The van der Waals surface area contributed by atoms with Crippen LogP contribution in [-0.2, 0) is 4.79 Å². The fraction of sp³-hybridized carbons (Fsp3) is 0.579. The third-order valence-corrected chi connectivity index (χ3v) is 4.41. The first kappa shape index (κ1) is 22.5. The molecule has 1 aromatic carbocycles. The molecule has 1 heterocycles. The van der Waals surface area contributed by atoms with Crippen LogP contribution in [0.15, 0.2) is 29.3 Å². The molecule has 1 amide bonds. The van der Waals surface area contributed by atoms with E-state index in [9.17, 15) is 4.79 Å². The largest absolute Gasteiger partial charge is 0.372 e. The Morgan fingerprint density at radius 2 is 2.00 bits per heavy atom. The van der Waals surface area contributed by atoms with Gasteiger partial charge >= 0.3 is 0 Å². The number of benzene rings is 1. The number of halogens is 1. The van der Waals surface area contributed by atoms with Gasteiger partial charge in [0.25, 0.3) is 0 Å². The average Bonchev–Trinajstić information content (AvgIpc) is 3.14. The van der Waals surface area contributed by atoms with Crippen LogP contribution in [0.3, 0.4) is 0 Å². The fourth-order valence-electron chi connectivity index (χ4n) is 2.86. The molecule has 1 unspecified atom stereocenters. The van der Waals surface area contributed by atoms with Crippen molar-refractivity contribution in [3.05, 3.63) is 29.8 Å². The van der Waals surface area contributed by atoms with Crippen LogP contribution in [0.4, 0.5) is 5.69 Å². The standard InChI is InChI=1S/C19H31N5O.HI/c1-5-20-19(21-14-18(25)23(3)4)22-15(2)16-9-8-10-17(13-16)24-11-6-7-12-24;/h8-10,13,15H,5-7,11-12,14H2,1-4H3,(H2,20,21,22);1H. The number of anilines is 1. The van der Waals surface area contributed by atoms with Crippen molar-refractivity contribution in [1.82, 2.24) is 15.5 Å². The summed E-state index contributed by atoms with van der Waals surface area (Å²) < 4.78 is 0. The van der Waals surface area contributed by atoms with Crippen LogP contribution in [-0.4, -0.2) is 57.0 Å². The Morgan fingerprint density at radius 3 is 2.62 bits per heavy atom. The minimum Gasteiger partial charge on any atom is -0.372 e. The molecule has 1 aliphatic rings. The van der Waals surface area contributed by atoms with Crippen molar-refractivity contribution < 1.29 is 4.79 Å². The number of hydrogen-bond donors (Lipinski definition) is 2. The maximum absolute atomic E-state index is 11.8. The van der Waals surface area contributed by atoms with Crippen LogP contribution in [0.25, 0.3) is 0 Å². The van der Waals surface area contributed by atoms with Gasteiger partial charge in [-0.15, -0.1) is 24.0 Å². The Labute approximate surface area is 174 Å². The Hall–Kier alpha value is -1.51. The number of hydrogen-bond acceptors (Lipinski definition) is 3. The van der Waals surface area contributed by atoms with Crippen molar-refractivity contribution in [2.45, 2.75) is 32.7 Å². The van der Waals surface area contributed by atoms with Crippen molar-refractivity contribution in [1.29, 1.82) is 0 Å². The van der Waals surface area contributed by atoms with E-state index in [1.165, 1.54) is 24.1 Å². The van der Waals surface area contributed by atoms with Gasteiger partial charge in [0.15, 0.2) is 5.96 Å². The highest BCUT2D eigenvalue weighted by Crippen LogP contribution is 2.23. The van der Waals surface area contributed by atoms with Gasteiger partial charge in [0.05, 0.1) is 6.04 Å². The van der Waals surface area contributed by atoms with Gasteiger partial charge in [0, 0.05) is 39.4 Å². The maximum atomic E-state index is 11.8. The Morgan fingerprint density at radius 1 is 1.31 bits per heavy atom.